The Kier molecular flexibility index (Phi) is 4.48. The maximum Gasteiger partial charge on any atom is 0.119 e. The molecule has 2 aromatic rings. The lowest BCUT2D eigenvalue weighted by molar-refractivity contribution is 0.150. The SMILES string of the molecule is COc1cccc(C(O)Cn2cc(CCN)nn2)c1. The summed E-state index contributed by atoms with van der Waals surface area (Å²) < 4.78 is 6.75. The molecule has 102 valence electrons. The molecular formula is C13H18N4O2. The largest absolute Gasteiger partial charge is 0.497 e. The van der Waals surface area contributed by atoms with E-state index in [1.54, 1.807) is 18.0 Å². The molecule has 0 amide bonds. The Morgan fingerprint density at radius 1 is 1.47 bits per heavy atom. The summed E-state index contributed by atoms with van der Waals surface area (Å²) in [5.74, 6) is 0.721. The number of aliphatic hydroxyl groups excluding tert-OH is 1. The van der Waals surface area contributed by atoms with Crippen LogP contribution in [0.1, 0.15) is 17.4 Å². The first kappa shape index (κ1) is 13.5. The Labute approximate surface area is 111 Å². The Balaban J connectivity index is 2.04. The molecule has 0 aliphatic heterocycles. The minimum Gasteiger partial charge on any atom is -0.497 e. The first-order chi connectivity index (χ1) is 9.22. The first-order valence-electron chi connectivity index (χ1n) is 6.14. The smallest absolute Gasteiger partial charge is 0.119 e. The summed E-state index contributed by atoms with van der Waals surface area (Å²) in [6.07, 6.45) is 1.84. The third-order valence-corrected chi connectivity index (χ3v) is 2.83. The van der Waals surface area contributed by atoms with Crippen LogP contribution >= 0.6 is 0 Å². The van der Waals surface area contributed by atoms with Gasteiger partial charge in [-0.3, -0.25) is 0 Å². The number of aromatic nitrogens is 3. The van der Waals surface area contributed by atoms with Crippen molar-refractivity contribution in [1.29, 1.82) is 0 Å². The van der Waals surface area contributed by atoms with Gasteiger partial charge in [0.1, 0.15) is 5.75 Å². The van der Waals surface area contributed by atoms with Crippen LogP contribution in [0, 0.1) is 0 Å². The van der Waals surface area contributed by atoms with Gasteiger partial charge < -0.3 is 15.6 Å². The molecule has 19 heavy (non-hydrogen) atoms. The molecule has 0 aliphatic carbocycles. The van der Waals surface area contributed by atoms with E-state index in [9.17, 15) is 5.11 Å². The van der Waals surface area contributed by atoms with Crippen molar-refractivity contribution >= 4 is 0 Å². The van der Waals surface area contributed by atoms with Crippen molar-refractivity contribution in [2.45, 2.75) is 19.1 Å². The Morgan fingerprint density at radius 3 is 3.05 bits per heavy atom. The highest BCUT2D eigenvalue weighted by Crippen LogP contribution is 2.20. The molecule has 0 bridgehead atoms. The van der Waals surface area contributed by atoms with Gasteiger partial charge in [0.25, 0.3) is 0 Å². The standard InChI is InChI=1S/C13H18N4O2/c1-19-12-4-2-3-10(7-12)13(18)9-17-8-11(5-6-14)15-16-17/h2-4,7-8,13,18H,5-6,9,14H2,1H3. The van der Waals surface area contributed by atoms with Crippen molar-refractivity contribution in [3.63, 3.8) is 0 Å². The highest BCUT2D eigenvalue weighted by molar-refractivity contribution is 5.29. The fraction of sp³-hybridized carbons (Fsp3) is 0.385. The Morgan fingerprint density at radius 2 is 2.32 bits per heavy atom. The van der Waals surface area contributed by atoms with Crippen LogP contribution in [0.5, 0.6) is 5.75 Å². The molecule has 0 aliphatic rings. The molecule has 0 saturated carbocycles. The maximum atomic E-state index is 10.2. The number of hydrogen-bond acceptors (Lipinski definition) is 5. The fourth-order valence-corrected chi connectivity index (χ4v) is 1.82. The zero-order chi connectivity index (χ0) is 13.7. The number of rotatable bonds is 6. The van der Waals surface area contributed by atoms with Crippen molar-refractivity contribution in [2.24, 2.45) is 5.73 Å². The van der Waals surface area contributed by atoms with Gasteiger partial charge in [0.05, 0.1) is 25.5 Å². The molecule has 6 heteroatoms. The maximum absolute atomic E-state index is 10.2. The van der Waals surface area contributed by atoms with E-state index in [1.165, 1.54) is 0 Å². The van der Waals surface area contributed by atoms with Gasteiger partial charge in [-0.15, -0.1) is 5.10 Å². The van der Waals surface area contributed by atoms with Crippen LogP contribution in [0.15, 0.2) is 30.5 Å². The van der Waals surface area contributed by atoms with Gasteiger partial charge in [-0.1, -0.05) is 17.3 Å². The molecule has 6 nitrogen and oxygen atoms in total. The van der Waals surface area contributed by atoms with E-state index in [4.69, 9.17) is 10.5 Å². The van der Waals surface area contributed by atoms with Crippen molar-refractivity contribution in [2.75, 3.05) is 13.7 Å². The molecule has 1 unspecified atom stereocenters. The van der Waals surface area contributed by atoms with Gasteiger partial charge >= 0.3 is 0 Å². The zero-order valence-corrected chi connectivity index (χ0v) is 10.9. The van der Waals surface area contributed by atoms with Gasteiger partial charge in [0.15, 0.2) is 0 Å². The topological polar surface area (TPSA) is 86.2 Å². The molecule has 0 saturated heterocycles. The summed E-state index contributed by atoms with van der Waals surface area (Å²) in [4.78, 5) is 0. The normalized spacial score (nSPS) is 12.4. The quantitative estimate of drug-likeness (QED) is 0.792. The minimum atomic E-state index is -0.650. The van der Waals surface area contributed by atoms with Crippen LogP contribution in [-0.2, 0) is 13.0 Å². The van der Waals surface area contributed by atoms with Crippen molar-refractivity contribution in [3.05, 3.63) is 41.7 Å². The molecule has 1 atom stereocenters. The number of aliphatic hydroxyl groups is 1. The number of hydrogen-bond donors (Lipinski definition) is 2. The number of nitrogens with zero attached hydrogens (tertiary/aromatic N) is 3. The molecule has 0 fully saturated rings. The van der Waals surface area contributed by atoms with Crippen LogP contribution in [0.4, 0.5) is 0 Å². The van der Waals surface area contributed by atoms with Gasteiger partial charge in [0.2, 0.25) is 0 Å². The lowest BCUT2D eigenvalue weighted by Gasteiger charge is -2.11. The van der Waals surface area contributed by atoms with Gasteiger partial charge in [0, 0.05) is 12.6 Å². The summed E-state index contributed by atoms with van der Waals surface area (Å²) in [7, 11) is 1.60. The van der Waals surface area contributed by atoms with Crippen LogP contribution in [0.3, 0.4) is 0 Å². The van der Waals surface area contributed by atoms with E-state index >= 15 is 0 Å². The van der Waals surface area contributed by atoms with E-state index in [2.05, 4.69) is 10.3 Å². The lowest BCUT2D eigenvalue weighted by Crippen LogP contribution is -2.09. The monoisotopic (exact) mass is 262 g/mol. The zero-order valence-electron chi connectivity index (χ0n) is 10.9. The van der Waals surface area contributed by atoms with E-state index in [0.717, 1.165) is 17.0 Å². The van der Waals surface area contributed by atoms with Crippen molar-refractivity contribution in [1.82, 2.24) is 15.0 Å². The number of methoxy groups -OCH3 is 1. The summed E-state index contributed by atoms with van der Waals surface area (Å²) in [6, 6.07) is 7.34. The molecule has 2 rings (SSSR count). The van der Waals surface area contributed by atoms with E-state index in [1.807, 2.05) is 24.3 Å². The van der Waals surface area contributed by atoms with Crippen LogP contribution in [0.25, 0.3) is 0 Å². The second-order valence-corrected chi connectivity index (χ2v) is 4.26. The minimum absolute atomic E-state index is 0.352. The van der Waals surface area contributed by atoms with Crippen molar-refractivity contribution in [3.8, 4) is 5.75 Å². The third kappa shape index (κ3) is 3.52. The molecular weight excluding hydrogens is 244 g/mol. The highest BCUT2D eigenvalue weighted by Gasteiger charge is 2.10. The second kappa shape index (κ2) is 6.31. The predicted octanol–water partition coefficient (Wildman–Crippen LogP) is 0.521. The molecule has 1 heterocycles. The van der Waals surface area contributed by atoms with Crippen LogP contribution in [0.2, 0.25) is 0 Å². The van der Waals surface area contributed by atoms with Crippen LogP contribution < -0.4 is 10.5 Å². The van der Waals surface area contributed by atoms with E-state index in [0.29, 0.717) is 19.5 Å². The summed E-state index contributed by atoms with van der Waals surface area (Å²) in [6.45, 7) is 0.891. The average Bonchev–Trinajstić information content (AvgIpc) is 2.86. The van der Waals surface area contributed by atoms with Crippen LogP contribution in [-0.4, -0.2) is 33.8 Å². The third-order valence-electron chi connectivity index (χ3n) is 2.83. The van der Waals surface area contributed by atoms with E-state index < -0.39 is 6.10 Å². The molecule has 3 N–H and O–H groups in total. The van der Waals surface area contributed by atoms with E-state index in [-0.39, 0.29) is 0 Å². The second-order valence-electron chi connectivity index (χ2n) is 4.26. The predicted molar refractivity (Wildman–Crippen MR) is 70.7 cm³/mol. The summed E-state index contributed by atoms with van der Waals surface area (Å²) >= 11 is 0. The fourth-order valence-electron chi connectivity index (χ4n) is 1.82. The summed E-state index contributed by atoms with van der Waals surface area (Å²) in [5.41, 5.74) is 7.07. The Bertz CT molecular complexity index is 527. The molecule has 1 aromatic heterocycles. The molecule has 1 aromatic carbocycles. The average molecular weight is 262 g/mol. The summed E-state index contributed by atoms with van der Waals surface area (Å²) in [5, 5.41) is 18.1. The molecule has 0 radical (unpaired) electrons. The number of ether oxygens (including phenoxy) is 1. The highest BCUT2D eigenvalue weighted by atomic mass is 16.5. The first-order valence-corrected chi connectivity index (χ1v) is 6.14. The van der Waals surface area contributed by atoms with Gasteiger partial charge in [-0.25, -0.2) is 4.68 Å². The van der Waals surface area contributed by atoms with Crippen molar-refractivity contribution < 1.29 is 9.84 Å². The number of benzene rings is 1. The van der Waals surface area contributed by atoms with Gasteiger partial charge in [-0.2, -0.15) is 0 Å². The number of nitrogens with two attached hydrogens (primary N) is 1. The molecule has 0 spiro atoms. The Hall–Kier alpha value is -1.92. The lowest BCUT2D eigenvalue weighted by atomic mass is 10.1. The van der Waals surface area contributed by atoms with Gasteiger partial charge in [-0.05, 0) is 24.2 Å².